The number of ether oxygens (including phenoxy) is 1. The molecule has 4 fully saturated rings. The Morgan fingerprint density at radius 1 is 1.47 bits per heavy atom. The first-order chi connectivity index (χ1) is 8.15. The van der Waals surface area contributed by atoms with Gasteiger partial charge >= 0.3 is 0 Å². The van der Waals surface area contributed by atoms with E-state index < -0.39 is 11.8 Å². The van der Waals surface area contributed by atoms with Gasteiger partial charge in [-0.05, 0) is 31.6 Å². The van der Waals surface area contributed by atoms with Crippen LogP contribution in [0.4, 0.5) is 0 Å². The molecule has 2 aliphatic carbocycles. The summed E-state index contributed by atoms with van der Waals surface area (Å²) >= 11 is 0. The summed E-state index contributed by atoms with van der Waals surface area (Å²) in [5.41, 5.74) is -0.391. The van der Waals surface area contributed by atoms with Gasteiger partial charge in [-0.25, -0.2) is 0 Å². The van der Waals surface area contributed by atoms with Crippen LogP contribution in [0.15, 0.2) is 0 Å². The summed E-state index contributed by atoms with van der Waals surface area (Å²) in [4.78, 5) is 14.4. The van der Waals surface area contributed by atoms with Gasteiger partial charge in [0.1, 0.15) is 5.72 Å². The minimum Gasteiger partial charge on any atom is -0.390 e. The fraction of sp³-hybridized carbons (Fsp3) is 0.923. The van der Waals surface area contributed by atoms with E-state index in [1.54, 1.807) is 0 Å². The van der Waals surface area contributed by atoms with Crippen LogP contribution < -0.4 is 0 Å². The minimum absolute atomic E-state index is 0.0108. The molecule has 2 saturated heterocycles. The number of aliphatic hydroxyl groups is 1. The second kappa shape index (κ2) is 2.86. The Kier molecular flexibility index (Phi) is 1.74. The molecule has 0 unspecified atom stereocenters. The van der Waals surface area contributed by atoms with E-state index in [9.17, 15) is 9.90 Å². The van der Waals surface area contributed by atoms with Crippen LogP contribution in [0.25, 0.3) is 0 Å². The largest absolute Gasteiger partial charge is 0.390 e. The maximum absolute atomic E-state index is 12.5. The third-order valence-corrected chi connectivity index (χ3v) is 5.74. The van der Waals surface area contributed by atoms with Crippen molar-refractivity contribution in [3.05, 3.63) is 0 Å². The highest BCUT2D eigenvalue weighted by molar-refractivity contribution is 5.84. The number of aliphatic hydroxyl groups excluding tert-OH is 1. The van der Waals surface area contributed by atoms with E-state index in [0.717, 1.165) is 19.4 Å². The lowest BCUT2D eigenvalue weighted by Crippen LogP contribution is -2.50. The molecule has 1 N–H and O–H groups in total. The molecule has 2 heterocycles. The van der Waals surface area contributed by atoms with Crippen LogP contribution in [-0.4, -0.2) is 40.4 Å². The summed E-state index contributed by atoms with van der Waals surface area (Å²) in [7, 11) is 0. The van der Waals surface area contributed by atoms with Gasteiger partial charge in [0.2, 0.25) is 5.91 Å². The number of carbonyl (C=O) groups excluding carboxylic acids is 1. The van der Waals surface area contributed by atoms with Gasteiger partial charge in [0.15, 0.2) is 0 Å². The average molecular weight is 237 g/mol. The Labute approximate surface area is 101 Å². The van der Waals surface area contributed by atoms with Gasteiger partial charge < -0.3 is 14.7 Å². The number of carbonyl (C=O) groups is 1. The molecule has 4 aliphatic rings. The number of hydrogen-bond acceptors (Lipinski definition) is 3. The van der Waals surface area contributed by atoms with Crippen molar-refractivity contribution in [2.24, 2.45) is 23.7 Å². The van der Waals surface area contributed by atoms with Crippen LogP contribution in [-0.2, 0) is 9.53 Å². The minimum atomic E-state index is -0.405. The molecule has 0 aromatic heterocycles. The molecule has 94 valence electrons. The lowest BCUT2D eigenvalue weighted by molar-refractivity contribution is -0.178. The Morgan fingerprint density at radius 3 is 2.88 bits per heavy atom. The molecule has 2 bridgehead atoms. The second-order valence-electron chi connectivity index (χ2n) is 5.97. The van der Waals surface area contributed by atoms with Crippen molar-refractivity contribution in [1.82, 2.24) is 4.90 Å². The lowest BCUT2D eigenvalue weighted by Gasteiger charge is -2.37. The lowest BCUT2D eigenvalue weighted by atomic mass is 9.76. The van der Waals surface area contributed by atoms with Gasteiger partial charge in [-0.2, -0.15) is 0 Å². The van der Waals surface area contributed by atoms with Gasteiger partial charge in [0.25, 0.3) is 0 Å². The molecule has 4 heteroatoms. The smallest absolute Gasteiger partial charge is 0.228 e. The van der Waals surface area contributed by atoms with Crippen molar-refractivity contribution >= 4 is 5.91 Å². The number of hydrogen-bond donors (Lipinski definition) is 1. The van der Waals surface area contributed by atoms with E-state index in [-0.39, 0.29) is 23.8 Å². The van der Waals surface area contributed by atoms with Gasteiger partial charge in [0, 0.05) is 12.5 Å². The Morgan fingerprint density at radius 2 is 2.24 bits per heavy atom. The van der Waals surface area contributed by atoms with Gasteiger partial charge in [0.05, 0.1) is 18.1 Å². The summed E-state index contributed by atoms with van der Waals surface area (Å²) in [5, 5.41) is 10.2. The van der Waals surface area contributed by atoms with Gasteiger partial charge in [-0.1, -0.05) is 6.92 Å². The van der Waals surface area contributed by atoms with Crippen LogP contribution in [0.2, 0.25) is 0 Å². The summed E-state index contributed by atoms with van der Waals surface area (Å²) in [6, 6.07) is 0. The zero-order valence-electron chi connectivity index (χ0n) is 10.3. The molecule has 4 rings (SSSR count). The molecule has 0 radical (unpaired) electrons. The number of nitrogens with zero attached hydrogens (tertiary/aromatic N) is 1. The zero-order valence-corrected chi connectivity index (χ0v) is 10.3. The van der Waals surface area contributed by atoms with Crippen LogP contribution in [0.5, 0.6) is 0 Å². The van der Waals surface area contributed by atoms with Crippen LogP contribution in [0.1, 0.15) is 26.7 Å². The summed E-state index contributed by atoms with van der Waals surface area (Å²) in [6.45, 7) is 4.85. The highest BCUT2D eigenvalue weighted by Crippen LogP contribution is 2.68. The monoisotopic (exact) mass is 237 g/mol. The van der Waals surface area contributed by atoms with E-state index in [2.05, 4.69) is 6.92 Å². The molecule has 4 nitrogen and oxygen atoms in total. The Balaban J connectivity index is 1.88. The topological polar surface area (TPSA) is 49.8 Å². The molecular formula is C13H19NO3. The molecule has 2 saturated carbocycles. The van der Waals surface area contributed by atoms with Crippen LogP contribution >= 0.6 is 0 Å². The van der Waals surface area contributed by atoms with Crippen molar-refractivity contribution < 1.29 is 14.6 Å². The van der Waals surface area contributed by atoms with E-state index >= 15 is 0 Å². The maximum atomic E-state index is 12.5. The summed E-state index contributed by atoms with van der Waals surface area (Å²) in [6.07, 6.45) is 1.42. The molecule has 0 spiro atoms. The first-order valence-corrected chi connectivity index (χ1v) is 6.83. The van der Waals surface area contributed by atoms with Crippen LogP contribution in [0, 0.1) is 23.7 Å². The van der Waals surface area contributed by atoms with E-state index in [1.165, 1.54) is 0 Å². The standard InChI is InChI=1S/C13H19NO3/c1-3-13-9-7-5-6(10(15)11(7)17-13)8(9)12(16)14(13)4-2/h6-11,15H,3-5H2,1-2H3/t6-,7-,8-,9+,10+,11+,13-/m1/s1. The molecular weight excluding hydrogens is 218 g/mol. The molecule has 17 heavy (non-hydrogen) atoms. The van der Waals surface area contributed by atoms with Crippen molar-refractivity contribution in [2.45, 2.75) is 44.6 Å². The number of rotatable bonds is 2. The molecule has 7 atom stereocenters. The third kappa shape index (κ3) is 0.838. The quantitative estimate of drug-likeness (QED) is 0.765. The summed E-state index contributed by atoms with van der Waals surface area (Å²) in [5.74, 6) is 1.18. The average Bonchev–Trinajstić information content (AvgIpc) is 2.95. The van der Waals surface area contributed by atoms with Crippen molar-refractivity contribution in [2.75, 3.05) is 6.54 Å². The highest BCUT2D eigenvalue weighted by Gasteiger charge is 2.77. The third-order valence-electron chi connectivity index (χ3n) is 5.74. The van der Waals surface area contributed by atoms with Crippen molar-refractivity contribution in [3.63, 3.8) is 0 Å². The number of likely N-dealkylation sites (tertiary alicyclic amines) is 1. The Bertz CT molecular complexity index is 398. The molecule has 1 amide bonds. The second-order valence-corrected chi connectivity index (χ2v) is 5.97. The fourth-order valence-electron chi connectivity index (χ4n) is 5.29. The predicted octanol–water partition coefficient (Wildman–Crippen LogP) is 0.597. The maximum Gasteiger partial charge on any atom is 0.228 e. The van der Waals surface area contributed by atoms with E-state index in [0.29, 0.717) is 11.8 Å². The van der Waals surface area contributed by atoms with Gasteiger partial charge in [-0.3, -0.25) is 4.79 Å². The normalized spacial score (nSPS) is 58.5. The van der Waals surface area contributed by atoms with E-state index in [4.69, 9.17) is 4.74 Å². The highest BCUT2D eigenvalue weighted by atomic mass is 16.6. The number of fused-ring (bicyclic) bond motifs is 2. The Hall–Kier alpha value is -0.610. The first-order valence-electron chi connectivity index (χ1n) is 6.83. The molecule has 0 aromatic rings. The van der Waals surface area contributed by atoms with Crippen LogP contribution in [0.3, 0.4) is 0 Å². The zero-order chi connectivity index (χ0) is 11.9. The van der Waals surface area contributed by atoms with Crippen molar-refractivity contribution in [1.29, 1.82) is 0 Å². The summed E-state index contributed by atoms with van der Waals surface area (Å²) < 4.78 is 6.21. The SMILES string of the molecule is CCN1C(=O)[C@@H]2[C@H]3C[C@H]4[C@H](O[C@]1(CC)[C@@H]42)[C@H]3O. The molecule has 2 aliphatic heterocycles. The van der Waals surface area contributed by atoms with Gasteiger partial charge in [-0.15, -0.1) is 0 Å². The fourth-order valence-corrected chi connectivity index (χ4v) is 5.29. The predicted molar refractivity (Wildman–Crippen MR) is 59.9 cm³/mol. The first kappa shape index (κ1) is 10.3. The van der Waals surface area contributed by atoms with E-state index in [1.807, 2.05) is 11.8 Å². The number of amides is 1. The van der Waals surface area contributed by atoms with Crippen molar-refractivity contribution in [3.8, 4) is 0 Å². The molecule has 0 aromatic carbocycles.